The smallest absolute Gasteiger partial charge is 0.331 e. The monoisotopic (exact) mass is 329 g/mol. The van der Waals surface area contributed by atoms with Crippen LogP contribution in [0.4, 0.5) is 0 Å². The summed E-state index contributed by atoms with van der Waals surface area (Å²) in [6.45, 7) is 2.31. The van der Waals surface area contributed by atoms with Crippen LogP contribution in [0.1, 0.15) is 39.0 Å². The Labute approximate surface area is 137 Å². The predicted octanol–water partition coefficient (Wildman–Crippen LogP) is 1.61. The maximum Gasteiger partial charge on any atom is 0.331 e. The van der Waals surface area contributed by atoms with Gasteiger partial charge in [-0.2, -0.15) is 0 Å². The van der Waals surface area contributed by atoms with Gasteiger partial charge in [0.15, 0.2) is 0 Å². The van der Waals surface area contributed by atoms with Crippen LogP contribution < -0.4 is 0 Å². The van der Waals surface area contributed by atoms with E-state index in [2.05, 4.69) is 11.7 Å². The highest BCUT2D eigenvalue weighted by atomic mass is 16.5. The molecule has 0 amide bonds. The number of hydrogen-bond acceptors (Lipinski definition) is 6. The molecule has 0 fully saturated rings. The minimum Gasteiger partial charge on any atom is -0.480 e. The Morgan fingerprint density at radius 2 is 1.78 bits per heavy atom. The van der Waals surface area contributed by atoms with E-state index in [9.17, 15) is 14.4 Å². The van der Waals surface area contributed by atoms with Gasteiger partial charge in [-0.25, -0.2) is 9.59 Å². The largest absolute Gasteiger partial charge is 0.480 e. The van der Waals surface area contributed by atoms with Crippen molar-refractivity contribution in [1.82, 2.24) is 4.90 Å². The van der Waals surface area contributed by atoms with Crippen LogP contribution in [0.15, 0.2) is 12.2 Å². The molecule has 0 saturated carbocycles. The third-order valence-electron chi connectivity index (χ3n) is 3.14. The zero-order chi connectivity index (χ0) is 17.7. The second-order valence-corrected chi connectivity index (χ2v) is 5.36. The lowest BCUT2D eigenvalue weighted by molar-refractivity contribution is -0.145. The topological polar surface area (TPSA) is 93.1 Å². The maximum absolute atomic E-state index is 11.7. The lowest BCUT2D eigenvalue weighted by Gasteiger charge is -2.22. The number of methoxy groups -OCH3 is 1. The van der Waals surface area contributed by atoms with Crippen molar-refractivity contribution in [3.05, 3.63) is 12.2 Å². The Kier molecular flexibility index (Phi) is 11.6. The number of nitrogens with zero attached hydrogens (tertiary/aromatic N) is 1. The highest BCUT2D eigenvalue weighted by Crippen LogP contribution is 2.10. The van der Waals surface area contributed by atoms with Crippen LogP contribution in [-0.2, 0) is 23.9 Å². The van der Waals surface area contributed by atoms with E-state index in [4.69, 9.17) is 9.84 Å². The molecule has 0 aromatic rings. The van der Waals surface area contributed by atoms with Crippen LogP contribution in [-0.4, -0.2) is 61.3 Å². The van der Waals surface area contributed by atoms with Crippen molar-refractivity contribution in [2.45, 2.75) is 45.1 Å². The normalized spacial score (nSPS) is 12.3. The summed E-state index contributed by atoms with van der Waals surface area (Å²) in [4.78, 5) is 35.0. The SMILES string of the molecule is CCCCCCC(CN(C)CC(=O)O)OC(=O)/C=C/C(=O)OC. The van der Waals surface area contributed by atoms with Gasteiger partial charge in [-0.15, -0.1) is 0 Å². The molecule has 0 aliphatic carbocycles. The van der Waals surface area contributed by atoms with Crippen molar-refractivity contribution >= 4 is 17.9 Å². The van der Waals surface area contributed by atoms with Gasteiger partial charge in [0, 0.05) is 18.7 Å². The van der Waals surface area contributed by atoms with Gasteiger partial charge in [0.25, 0.3) is 0 Å². The fourth-order valence-corrected chi connectivity index (χ4v) is 2.04. The first-order valence-electron chi connectivity index (χ1n) is 7.76. The number of rotatable bonds is 12. The lowest BCUT2D eigenvalue weighted by atomic mass is 10.1. The van der Waals surface area contributed by atoms with E-state index in [-0.39, 0.29) is 6.54 Å². The van der Waals surface area contributed by atoms with Gasteiger partial charge in [0.2, 0.25) is 0 Å². The van der Waals surface area contributed by atoms with Crippen LogP contribution >= 0.6 is 0 Å². The molecule has 0 bridgehead atoms. The zero-order valence-electron chi connectivity index (χ0n) is 14.1. The van der Waals surface area contributed by atoms with Gasteiger partial charge in [-0.1, -0.05) is 26.2 Å². The van der Waals surface area contributed by atoms with Gasteiger partial charge in [-0.05, 0) is 19.9 Å². The summed E-state index contributed by atoms with van der Waals surface area (Å²) in [5.41, 5.74) is 0. The second-order valence-electron chi connectivity index (χ2n) is 5.36. The van der Waals surface area contributed by atoms with E-state index in [1.807, 2.05) is 0 Å². The highest BCUT2D eigenvalue weighted by molar-refractivity contribution is 5.91. The Hall–Kier alpha value is -1.89. The van der Waals surface area contributed by atoms with Gasteiger partial charge in [0.05, 0.1) is 13.7 Å². The molecule has 7 nitrogen and oxygen atoms in total. The number of carbonyl (C=O) groups excluding carboxylic acids is 2. The molecule has 0 radical (unpaired) electrons. The first-order chi connectivity index (χ1) is 10.9. The standard InChI is InChI=1S/C16H27NO6/c1-4-5-6-7-8-13(11-17(2)12-14(18)19)23-16(21)10-9-15(20)22-3/h9-10,13H,4-8,11-12H2,1-3H3,(H,18,19)/b10-9+. The van der Waals surface area contributed by atoms with E-state index in [0.717, 1.165) is 37.8 Å². The Balaban J connectivity index is 4.50. The van der Waals surface area contributed by atoms with Crippen molar-refractivity contribution in [2.75, 3.05) is 27.2 Å². The number of ether oxygens (including phenoxy) is 2. The van der Waals surface area contributed by atoms with Gasteiger partial charge in [-0.3, -0.25) is 9.69 Å². The summed E-state index contributed by atoms with van der Waals surface area (Å²) in [6.07, 6.45) is 6.39. The van der Waals surface area contributed by atoms with Crippen LogP contribution in [0.5, 0.6) is 0 Å². The number of esters is 2. The number of carboxylic acids is 1. The van der Waals surface area contributed by atoms with E-state index in [0.29, 0.717) is 13.0 Å². The van der Waals surface area contributed by atoms with E-state index < -0.39 is 24.0 Å². The Morgan fingerprint density at radius 1 is 1.13 bits per heavy atom. The molecule has 23 heavy (non-hydrogen) atoms. The predicted molar refractivity (Wildman–Crippen MR) is 84.9 cm³/mol. The van der Waals surface area contributed by atoms with E-state index >= 15 is 0 Å². The molecule has 0 saturated heterocycles. The number of hydrogen-bond donors (Lipinski definition) is 1. The molecule has 132 valence electrons. The highest BCUT2D eigenvalue weighted by Gasteiger charge is 2.17. The summed E-state index contributed by atoms with van der Waals surface area (Å²) in [5, 5.41) is 8.79. The third-order valence-corrected chi connectivity index (χ3v) is 3.14. The van der Waals surface area contributed by atoms with Crippen molar-refractivity contribution in [1.29, 1.82) is 0 Å². The molecule has 0 aliphatic rings. The van der Waals surface area contributed by atoms with Crippen LogP contribution in [0, 0.1) is 0 Å². The Morgan fingerprint density at radius 3 is 2.35 bits per heavy atom. The van der Waals surface area contributed by atoms with Crippen LogP contribution in [0.2, 0.25) is 0 Å². The maximum atomic E-state index is 11.7. The molecule has 0 aromatic heterocycles. The molecule has 0 spiro atoms. The average molecular weight is 329 g/mol. The van der Waals surface area contributed by atoms with Crippen molar-refractivity contribution in [3.63, 3.8) is 0 Å². The summed E-state index contributed by atoms with van der Waals surface area (Å²) in [7, 11) is 2.88. The molecule has 0 aromatic carbocycles. The molecule has 0 aliphatic heterocycles. The molecular weight excluding hydrogens is 302 g/mol. The molecule has 7 heteroatoms. The minimum atomic E-state index is -0.936. The number of likely N-dealkylation sites (N-methyl/N-ethyl adjacent to an activating group) is 1. The van der Waals surface area contributed by atoms with Crippen molar-refractivity contribution in [2.24, 2.45) is 0 Å². The van der Waals surface area contributed by atoms with Gasteiger partial charge in [0.1, 0.15) is 6.10 Å². The third kappa shape index (κ3) is 12.3. The van der Waals surface area contributed by atoms with Crippen molar-refractivity contribution < 1.29 is 29.0 Å². The zero-order valence-corrected chi connectivity index (χ0v) is 14.1. The quantitative estimate of drug-likeness (QED) is 0.330. The molecule has 0 heterocycles. The van der Waals surface area contributed by atoms with Gasteiger partial charge >= 0.3 is 17.9 Å². The first kappa shape index (κ1) is 21.1. The number of aliphatic carboxylic acids is 1. The summed E-state index contributed by atoms with van der Waals surface area (Å²) in [6, 6.07) is 0. The molecule has 1 unspecified atom stereocenters. The molecule has 1 atom stereocenters. The number of carboxylic acid groups (broad SMARTS) is 1. The van der Waals surface area contributed by atoms with Crippen LogP contribution in [0.25, 0.3) is 0 Å². The second kappa shape index (κ2) is 12.6. The fraction of sp³-hybridized carbons (Fsp3) is 0.688. The van der Waals surface area contributed by atoms with Gasteiger partial charge < -0.3 is 14.6 Å². The van der Waals surface area contributed by atoms with Crippen molar-refractivity contribution in [3.8, 4) is 0 Å². The fourth-order valence-electron chi connectivity index (χ4n) is 2.04. The molecular formula is C16H27NO6. The average Bonchev–Trinajstić information content (AvgIpc) is 2.48. The molecule has 1 N–H and O–H groups in total. The first-order valence-corrected chi connectivity index (χ1v) is 7.76. The summed E-state index contributed by atoms with van der Waals surface area (Å²) in [5.74, 6) is -2.21. The summed E-state index contributed by atoms with van der Waals surface area (Å²) < 4.78 is 9.71. The Bertz CT molecular complexity index is 407. The molecule has 0 rings (SSSR count). The lowest BCUT2D eigenvalue weighted by Crippen LogP contribution is -2.35. The van der Waals surface area contributed by atoms with E-state index in [1.165, 1.54) is 7.11 Å². The van der Waals surface area contributed by atoms with E-state index in [1.54, 1.807) is 11.9 Å². The summed E-state index contributed by atoms with van der Waals surface area (Å²) >= 11 is 0. The van der Waals surface area contributed by atoms with Crippen LogP contribution in [0.3, 0.4) is 0 Å². The minimum absolute atomic E-state index is 0.124. The number of unbranched alkanes of at least 4 members (excludes halogenated alkanes) is 3. The number of carbonyl (C=O) groups is 3.